The highest BCUT2D eigenvalue weighted by molar-refractivity contribution is 6.31. The predicted octanol–water partition coefficient (Wildman–Crippen LogP) is 2.24. The van der Waals surface area contributed by atoms with E-state index in [0.29, 0.717) is 13.2 Å². The summed E-state index contributed by atoms with van der Waals surface area (Å²) in [6, 6.07) is 0. The molecule has 1 aromatic rings. The second-order valence-corrected chi connectivity index (χ2v) is 4.16. The molecule has 0 aliphatic rings. The molecular formula is C12H22ClN3O. The molecule has 0 spiro atoms. The van der Waals surface area contributed by atoms with Gasteiger partial charge in [-0.05, 0) is 19.9 Å². The van der Waals surface area contributed by atoms with Gasteiger partial charge < -0.3 is 10.1 Å². The van der Waals surface area contributed by atoms with E-state index in [-0.39, 0.29) is 0 Å². The van der Waals surface area contributed by atoms with Crippen LogP contribution in [-0.4, -0.2) is 29.5 Å². The topological polar surface area (TPSA) is 39.1 Å². The minimum atomic E-state index is 0.533. The van der Waals surface area contributed by atoms with Gasteiger partial charge in [0.05, 0.1) is 29.6 Å². The van der Waals surface area contributed by atoms with Crippen LogP contribution in [0.15, 0.2) is 0 Å². The lowest BCUT2D eigenvalue weighted by molar-refractivity contribution is 0.117. The second kappa shape index (κ2) is 7.69. The average molecular weight is 260 g/mol. The van der Waals surface area contributed by atoms with Crippen LogP contribution < -0.4 is 5.32 Å². The molecular weight excluding hydrogens is 238 g/mol. The van der Waals surface area contributed by atoms with E-state index in [1.54, 1.807) is 0 Å². The molecule has 1 aromatic heterocycles. The molecule has 0 aliphatic carbocycles. The molecule has 0 aliphatic heterocycles. The molecule has 0 saturated carbocycles. The van der Waals surface area contributed by atoms with E-state index in [4.69, 9.17) is 16.3 Å². The minimum absolute atomic E-state index is 0.533. The number of aryl methyl sites for hydroxylation is 2. The van der Waals surface area contributed by atoms with Gasteiger partial charge in [-0.15, -0.1) is 0 Å². The Morgan fingerprint density at radius 3 is 2.71 bits per heavy atom. The van der Waals surface area contributed by atoms with Crippen LogP contribution in [0.2, 0.25) is 5.02 Å². The third-order valence-electron chi connectivity index (χ3n) is 2.61. The fourth-order valence-electron chi connectivity index (χ4n) is 1.65. The van der Waals surface area contributed by atoms with Crippen LogP contribution in [0.5, 0.6) is 0 Å². The summed E-state index contributed by atoms with van der Waals surface area (Å²) < 4.78 is 7.52. The van der Waals surface area contributed by atoms with E-state index >= 15 is 0 Å². The van der Waals surface area contributed by atoms with Crippen LogP contribution in [0.1, 0.15) is 32.2 Å². The molecule has 0 amide bonds. The average Bonchev–Trinajstić information content (AvgIpc) is 2.65. The second-order valence-electron chi connectivity index (χ2n) is 3.78. The number of nitrogens with one attached hydrogen (secondary N) is 1. The number of hydrogen-bond acceptors (Lipinski definition) is 3. The van der Waals surface area contributed by atoms with Gasteiger partial charge in [-0.1, -0.05) is 25.4 Å². The summed E-state index contributed by atoms with van der Waals surface area (Å²) in [4.78, 5) is 0. The largest absolute Gasteiger partial charge is 0.374 e. The van der Waals surface area contributed by atoms with E-state index in [9.17, 15) is 0 Å². The summed E-state index contributed by atoms with van der Waals surface area (Å²) in [6.45, 7) is 10.1. The van der Waals surface area contributed by atoms with Gasteiger partial charge in [0.25, 0.3) is 0 Å². The first-order valence-electron chi connectivity index (χ1n) is 6.27. The highest BCUT2D eigenvalue weighted by atomic mass is 35.5. The maximum absolute atomic E-state index is 6.27. The Kier molecular flexibility index (Phi) is 6.55. The lowest BCUT2D eigenvalue weighted by Crippen LogP contribution is -2.19. The fraction of sp³-hybridized carbons (Fsp3) is 0.750. The molecule has 0 aromatic carbocycles. The van der Waals surface area contributed by atoms with E-state index in [0.717, 1.165) is 42.5 Å². The van der Waals surface area contributed by atoms with E-state index in [2.05, 4.69) is 31.2 Å². The van der Waals surface area contributed by atoms with Gasteiger partial charge >= 0.3 is 0 Å². The van der Waals surface area contributed by atoms with Gasteiger partial charge in [0, 0.05) is 13.1 Å². The molecule has 0 atom stereocenters. The first kappa shape index (κ1) is 14.5. The number of halogens is 1. The van der Waals surface area contributed by atoms with Crippen LogP contribution in [0.3, 0.4) is 0 Å². The predicted molar refractivity (Wildman–Crippen MR) is 70.5 cm³/mol. The van der Waals surface area contributed by atoms with Crippen molar-refractivity contribution >= 4 is 11.6 Å². The quantitative estimate of drug-likeness (QED) is 0.728. The molecule has 4 nitrogen and oxygen atoms in total. The van der Waals surface area contributed by atoms with Crippen LogP contribution in [-0.2, 0) is 24.3 Å². The molecule has 0 radical (unpaired) electrons. The lowest BCUT2D eigenvalue weighted by atomic mass is 10.3. The van der Waals surface area contributed by atoms with Crippen LogP contribution in [0.4, 0.5) is 0 Å². The fourth-order valence-corrected chi connectivity index (χ4v) is 1.97. The van der Waals surface area contributed by atoms with E-state index < -0.39 is 0 Å². The Morgan fingerprint density at radius 2 is 2.12 bits per heavy atom. The van der Waals surface area contributed by atoms with E-state index in [1.165, 1.54) is 0 Å². The van der Waals surface area contributed by atoms with Crippen molar-refractivity contribution in [1.82, 2.24) is 15.1 Å². The number of rotatable bonds is 8. The number of likely N-dealkylation sites (N-methyl/N-ethyl adjacent to an activating group) is 1. The highest BCUT2D eigenvalue weighted by Gasteiger charge is 2.13. The van der Waals surface area contributed by atoms with Gasteiger partial charge in [0.2, 0.25) is 0 Å². The van der Waals surface area contributed by atoms with Crippen molar-refractivity contribution in [2.24, 2.45) is 0 Å². The van der Waals surface area contributed by atoms with Gasteiger partial charge in [-0.3, -0.25) is 4.68 Å². The van der Waals surface area contributed by atoms with Crippen molar-refractivity contribution in [3.63, 3.8) is 0 Å². The molecule has 98 valence electrons. The maximum Gasteiger partial charge on any atom is 0.0900 e. The van der Waals surface area contributed by atoms with Crippen molar-refractivity contribution in [3.8, 4) is 0 Å². The summed E-state index contributed by atoms with van der Waals surface area (Å²) in [5.74, 6) is 0. The molecule has 0 saturated heterocycles. The van der Waals surface area contributed by atoms with Crippen LogP contribution in [0, 0.1) is 0 Å². The number of hydrogen-bond donors (Lipinski definition) is 1. The summed E-state index contributed by atoms with van der Waals surface area (Å²) >= 11 is 6.27. The Bertz CT molecular complexity index is 339. The number of ether oxygens (including phenoxy) is 1. The SMILES string of the molecule is CCNCCOCc1c(Cl)c(CC)nn1CC. The van der Waals surface area contributed by atoms with Crippen LogP contribution >= 0.6 is 11.6 Å². The molecule has 1 rings (SSSR count). The van der Waals surface area contributed by atoms with Crippen molar-refractivity contribution in [2.45, 2.75) is 40.3 Å². The zero-order valence-corrected chi connectivity index (χ0v) is 11.7. The molecule has 1 heterocycles. The molecule has 0 bridgehead atoms. The van der Waals surface area contributed by atoms with Gasteiger partial charge in [0.15, 0.2) is 0 Å². The lowest BCUT2D eigenvalue weighted by Gasteiger charge is -2.07. The third kappa shape index (κ3) is 3.98. The van der Waals surface area contributed by atoms with Crippen molar-refractivity contribution in [2.75, 3.05) is 19.7 Å². The van der Waals surface area contributed by atoms with Crippen molar-refractivity contribution in [3.05, 3.63) is 16.4 Å². The first-order valence-corrected chi connectivity index (χ1v) is 6.64. The molecule has 5 heteroatoms. The van der Waals surface area contributed by atoms with Crippen LogP contribution in [0.25, 0.3) is 0 Å². The summed E-state index contributed by atoms with van der Waals surface area (Å²) in [6.07, 6.45) is 0.857. The van der Waals surface area contributed by atoms with Gasteiger partial charge in [-0.25, -0.2) is 0 Å². The Labute approximate surface area is 108 Å². The van der Waals surface area contributed by atoms with Crippen molar-refractivity contribution < 1.29 is 4.74 Å². The summed E-state index contributed by atoms with van der Waals surface area (Å²) in [5, 5.41) is 8.43. The van der Waals surface area contributed by atoms with E-state index in [1.807, 2.05) is 4.68 Å². The molecule has 1 N–H and O–H groups in total. The number of aromatic nitrogens is 2. The standard InChI is InChI=1S/C12H22ClN3O/c1-4-10-12(13)11(16(6-3)15-10)9-17-8-7-14-5-2/h14H,4-9H2,1-3H3. The van der Waals surface area contributed by atoms with Crippen molar-refractivity contribution in [1.29, 1.82) is 0 Å². The van der Waals surface area contributed by atoms with Gasteiger partial charge in [-0.2, -0.15) is 5.10 Å². The molecule has 0 unspecified atom stereocenters. The maximum atomic E-state index is 6.27. The normalized spacial score (nSPS) is 11.1. The molecule has 17 heavy (non-hydrogen) atoms. The zero-order chi connectivity index (χ0) is 12.7. The summed E-state index contributed by atoms with van der Waals surface area (Å²) in [5.41, 5.74) is 1.95. The zero-order valence-electron chi connectivity index (χ0n) is 10.9. The minimum Gasteiger partial charge on any atom is -0.374 e. The first-order chi connectivity index (χ1) is 8.24. The Hall–Kier alpha value is -0.580. The van der Waals surface area contributed by atoms with Gasteiger partial charge in [0.1, 0.15) is 0 Å². The number of nitrogens with zero attached hydrogens (tertiary/aromatic N) is 2. The Morgan fingerprint density at radius 1 is 1.35 bits per heavy atom. The third-order valence-corrected chi connectivity index (χ3v) is 3.04. The summed E-state index contributed by atoms with van der Waals surface area (Å²) in [7, 11) is 0. The highest BCUT2D eigenvalue weighted by Crippen LogP contribution is 2.22. The Balaban J connectivity index is 2.54. The molecule has 0 fully saturated rings. The monoisotopic (exact) mass is 259 g/mol. The smallest absolute Gasteiger partial charge is 0.0900 e.